The summed E-state index contributed by atoms with van der Waals surface area (Å²) in [4.78, 5) is 6.06. The topological polar surface area (TPSA) is 39.3 Å². The van der Waals surface area contributed by atoms with E-state index in [9.17, 15) is 5.11 Å². The molecule has 0 saturated heterocycles. The van der Waals surface area contributed by atoms with E-state index in [4.69, 9.17) is 0 Å². The molecule has 1 aliphatic carbocycles. The summed E-state index contributed by atoms with van der Waals surface area (Å²) in [5, 5.41) is 11.0. The summed E-state index contributed by atoms with van der Waals surface area (Å²) in [5.74, 6) is 0.409. The molecule has 21 heavy (non-hydrogen) atoms. The van der Waals surface area contributed by atoms with Crippen molar-refractivity contribution in [3.63, 3.8) is 0 Å². The lowest BCUT2D eigenvalue weighted by Gasteiger charge is -2.42. The quantitative estimate of drug-likeness (QED) is 0.831. The predicted octanol–water partition coefficient (Wildman–Crippen LogP) is 2.74. The highest BCUT2D eigenvalue weighted by atomic mass is 16.3. The number of aromatic amines is 1. The fraction of sp³-hybridized carbons (Fsp3) is 0.444. The summed E-state index contributed by atoms with van der Waals surface area (Å²) in [6, 6.07) is 7.11. The van der Waals surface area contributed by atoms with Crippen LogP contribution in [0.25, 0.3) is 10.9 Å². The lowest BCUT2D eigenvalue weighted by Crippen LogP contribution is -2.46. The number of fused-ring (bicyclic) bond motifs is 2. The van der Waals surface area contributed by atoms with Crippen molar-refractivity contribution in [1.29, 1.82) is 0 Å². The molecule has 4 rings (SSSR count). The van der Waals surface area contributed by atoms with Crippen molar-refractivity contribution in [2.45, 2.75) is 32.2 Å². The summed E-state index contributed by atoms with van der Waals surface area (Å²) < 4.78 is 0. The van der Waals surface area contributed by atoms with Crippen molar-refractivity contribution in [3.05, 3.63) is 46.7 Å². The van der Waals surface area contributed by atoms with Crippen LogP contribution in [0, 0.1) is 6.92 Å². The van der Waals surface area contributed by atoms with Crippen molar-refractivity contribution < 1.29 is 5.11 Å². The van der Waals surface area contributed by atoms with Gasteiger partial charge in [-0.3, -0.25) is 4.90 Å². The molecule has 0 spiro atoms. The molecule has 2 heterocycles. The average molecular weight is 282 g/mol. The second-order valence-corrected chi connectivity index (χ2v) is 6.34. The molecule has 2 atom stereocenters. The Kier molecular flexibility index (Phi) is 2.95. The summed E-state index contributed by atoms with van der Waals surface area (Å²) in [6.45, 7) is 6.52. The van der Waals surface area contributed by atoms with Crippen LogP contribution in [-0.2, 0) is 6.42 Å². The molecule has 1 aromatic carbocycles. The maximum atomic E-state index is 9.59. The molecule has 0 fully saturated rings. The molecule has 3 nitrogen and oxygen atoms in total. The van der Waals surface area contributed by atoms with Gasteiger partial charge in [-0.05, 0) is 42.7 Å². The Bertz CT molecular complexity index is 728. The Labute approximate surface area is 125 Å². The van der Waals surface area contributed by atoms with E-state index < -0.39 is 0 Å². The van der Waals surface area contributed by atoms with Crippen LogP contribution < -0.4 is 0 Å². The summed E-state index contributed by atoms with van der Waals surface area (Å²) in [6.07, 6.45) is 3.42. The second-order valence-electron chi connectivity index (χ2n) is 6.34. The molecule has 0 amide bonds. The third-order valence-electron chi connectivity index (χ3n) is 5.26. The third-order valence-corrected chi connectivity index (χ3v) is 5.26. The van der Waals surface area contributed by atoms with Crippen LogP contribution in [0.5, 0.6) is 0 Å². The zero-order valence-electron chi connectivity index (χ0n) is 12.7. The van der Waals surface area contributed by atoms with Crippen LogP contribution in [0.15, 0.2) is 29.8 Å². The van der Waals surface area contributed by atoms with E-state index in [2.05, 4.69) is 48.0 Å². The van der Waals surface area contributed by atoms with Gasteiger partial charge in [-0.25, -0.2) is 0 Å². The first kappa shape index (κ1) is 13.1. The van der Waals surface area contributed by atoms with Gasteiger partial charge in [0.05, 0.1) is 6.61 Å². The van der Waals surface area contributed by atoms with Crippen molar-refractivity contribution >= 4 is 10.9 Å². The minimum atomic E-state index is 0.175. The highest BCUT2D eigenvalue weighted by molar-refractivity contribution is 5.90. The number of benzene rings is 1. The van der Waals surface area contributed by atoms with Crippen LogP contribution >= 0.6 is 0 Å². The SMILES string of the molecule is CCN1CC(CO)=C[C@@H]2c3cccc4[nH]c(C)c(c34)C[C@H]21. The van der Waals surface area contributed by atoms with Gasteiger partial charge >= 0.3 is 0 Å². The molecule has 0 saturated carbocycles. The van der Waals surface area contributed by atoms with E-state index in [0.29, 0.717) is 12.0 Å². The van der Waals surface area contributed by atoms with Crippen LogP contribution in [-0.4, -0.2) is 40.7 Å². The molecule has 3 heteroatoms. The van der Waals surface area contributed by atoms with Gasteiger partial charge in [0, 0.05) is 35.1 Å². The largest absolute Gasteiger partial charge is 0.392 e. The zero-order chi connectivity index (χ0) is 14.6. The maximum absolute atomic E-state index is 9.59. The van der Waals surface area contributed by atoms with Crippen LogP contribution in [0.4, 0.5) is 0 Å². The number of aromatic nitrogens is 1. The number of nitrogens with one attached hydrogen (secondary N) is 1. The molecule has 0 bridgehead atoms. The number of aryl methyl sites for hydroxylation is 1. The molecule has 2 aromatic rings. The number of rotatable bonds is 2. The summed E-state index contributed by atoms with van der Waals surface area (Å²) in [5.41, 5.74) is 6.63. The Morgan fingerprint density at radius 3 is 3.00 bits per heavy atom. The van der Waals surface area contributed by atoms with Crippen LogP contribution in [0.2, 0.25) is 0 Å². The number of nitrogens with zero attached hydrogens (tertiary/aromatic N) is 1. The first-order valence-corrected chi connectivity index (χ1v) is 7.87. The van der Waals surface area contributed by atoms with Gasteiger partial charge in [0.1, 0.15) is 0 Å². The molecule has 2 aliphatic rings. The minimum absolute atomic E-state index is 0.175. The number of aliphatic hydroxyl groups excluding tert-OH is 1. The Morgan fingerprint density at radius 1 is 1.38 bits per heavy atom. The summed E-state index contributed by atoms with van der Waals surface area (Å²) >= 11 is 0. The normalized spacial score (nSPS) is 25.0. The van der Waals surface area contributed by atoms with E-state index in [1.165, 1.54) is 27.7 Å². The maximum Gasteiger partial charge on any atom is 0.0654 e. The smallest absolute Gasteiger partial charge is 0.0654 e. The fourth-order valence-electron chi connectivity index (χ4n) is 4.24. The monoisotopic (exact) mass is 282 g/mol. The number of aliphatic hydroxyl groups is 1. The van der Waals surface area contributed by atoms with E-state index in [1.54, 1.807) is 0 Å². The molecule has 110 valence electrons. The van der Waals surface area contributed by atoms with Crippen molar-refractivity contribution in [2.24, 2.45) is 0 Å². The van der Waals surface area contributed by atoms with E-state index in [1.807, 2.05) is 0 Å². The van der Waals surface area contributed by atoms with E-state index in [0.717, 1.165) is 25.1 Å². The standard InChI is InChI=1S/C18H22N2O/c1-3-20-9-12(10-21)7-15-13-5-4-6-16-18(13)14(8-17(15)20)11(2)19-16/h4-7,15,17,19,21H,3,8-10H2,1-2H3/t15-,17-/m1/s1. The molecule has 2 N–H and O–H groups in total. The van der Waals surface area contributed by atoms with Gasteiger partial charge in [-0.2, -0.15) is 0 Å². The summed E-state index contributed by atoms with van der Waals surface area (Å²) in [7, 11) is 0. The lowest BCUT2D eigenvalue weighted by atomic mass is 9.76. The molecular weight excluding hydrogens is 260 g/mol. The van der Waals surface area contributed by atoms with Gasteiger partial charge in [0.2, 0.25) is 0 Å². The van der Waals surface area contributed by atoms with Crippen molar-refractivity contribution in [2.75, 3.05) is 19.7 Å². The van der Waals surface area contributed by atoms with Crippen molar-refractivity contribution in [3.8, 4) is 0 Å². The highest BCUT2D eigenvalue weighted by Crippen LogP contribution is 2.43. The van der Waals surface area contributed by atoms with Gasteiger partial charge in [-0.1, -0.05) is 25.1 Å². The molecule has 1 aliphatic heterocycles. The number of hydrogen-bond acceptors (Lipinski definition) is 2. The number of likely N-dealkylation sites (N-methyl/N-ethyl adjacent to an activating group) is 1. The highest BCUT2D eigenvalue weighted by Gasteiger charge is 2.37. The molecule has 0 unspecified atom stereocenters. The first-order chi connectivity index (χ1) is 10.2. The number of hydrogen-bond donors (Lipinski definition) is 2. The third kappa shape index (κ3) is 1.81. The Morgan fingerprint density at radius 2 is 2.24 bits per heavy atom. The predicted molar refractivity (Wildman–Crippen MR) is 85.7 cm³/mol. The second kappa shape index (κ2) is 4.72. The van der Waals surface area contributed by atoms with Crippen molar-refractivity contribution in [1.82, 2.24) is 9.88 Å². The van der Waals surface area contributed by atoms with Gasteiger partial charge in [-0.15, -0.1) is 0 Å². The van der Waals surface area contributed by atoms with Crippen LogP contribution in [0.1, 0.15) is 29.7 Å². The zero-order valence-corrected chi connectivity index (χ0v) is 12.7. The van der Waals surface area contributed by atoms with E-state index >= 15 is 0 Å². The van der Waals surface area contributed by atoms with Gasteiger partial charge in [0.15, 0.2) is 0 Å². The average Bonchev–Trinajstić information content (AvgIpc) is 2.84. The van der Waals surface area contributed by atoms with Gasteiger partial charge in [0.25, 0.3) is 0 Å². The number of H-pyrrole nitrogens is 1. The molecule has 1 aromatic heterocycles. The Balaban J connectivity index is 1.94. The fourth-order valence-corrected chi connectivity index (χ4v) is 4.24. The van der Waals surface area contributed by atoms with Crippen LogP contribution in [0.3, 0.4) is 0 Å². The van der Waals surface area contributed by atoms with E-state index in [-0.39, 0.29) is 6.61 Å². The molecule has 0 radical (unpaired) electrons. The Hall–Kier alpha value is -1.58. The minimum Gasteiger partial charge on any atom is -0.392 e. The molecular formula is C18H22N2O. The first-order valence-electron chi connectivity index (χ1n) is 7.87. The van der Waals surface area contributed by atoms with Gasteiger partial charge < -0.3 is 10.1 Å². The lowest BCUT2D eigenvalue weighted by molar-refractivity contribution is 0.179.